The van der Waals surface area contributed by atoms with E-state index in [1.165, 1.54) is 11.3 Å². The third kappa shape index (κ3) is 4.76. The normalized spacial score (nSPS) is 19.3. The number of nitrogens with one attached hydrogen (secondary N) is 1. The van der Waals surface area contributed by atoms with Gasteiger partial charge >= 0.3 is 0 Å². The lowest BCUT2D eigenvalue weighted by molar-refractivity contribution is -0.127. The van der Waals surface area contributed by atoms with Crippen LogP contribution in [0.25, 0.3) is 0 Å². The van der Waals surface area contributed by atoms with Gasteiger partial charge in [0.05, 0.1) is 29.6 Å². The summed E-state index contributed by atoms with van der Waals surface area (Å²) < 4.78 is 6.37. The molecule has 1 N–H and O–H groups in total. The molecule has 0 aliphatic carbocycles. The number of thiophene rings is 1. The molecule has 4 nitrogen and oxygen atoms in total. The zero-order chi connectivity index (χ0) is 13.9. The molecule has 0 saturated carbocycles. The number of carbonyl (C=O) groups is 1. The van der Waals surface area contributed by atoms with Crippen LogP contribution < -0.4 is 5.32 Å². The van der Waals surface area contributed by atoms with Crippen molar-refractivity contribution in [3.05, 3.63) is 21.3 Å². The van der Waals surface area contributed by atoms with Gasteiger partial charge < -0.3 is 10.1 Å². The van der Waals surface area contributed by atoms with Gasteiger partial charge in [-0.3, -0.25) is 9.69 Å². The van der Waals surface area contributed by atoms with Crippen molar-refractivity contribution in [1.29, 1.82) is 0 Å². The minimum atomic E-state index is -0.167. The van der Waals surface area contributed by atoms with E-state index >= 15 is 0 Å². The highest BCUT2D eigenvalue weighted by Crippen LogP contribution is 2.21. The van der Waals surface area contributed by atoms with Crippen LogP contribution in [0.15, 0.2) is 12.1 Å². The molecule has 0 aromatic carbocycles. The Morgan fingerprint density at radius 1 is 1.58 bits per heavy atom. The lowest BCUT2D eigenvalue weighted by Crippen LogP contribution is -2.51. The molecule has 1 aromatic rings. The van der Waals surface area contributed by atoms with Gasteiger partial charge in [-0.25, -0.2) is 0 Å². The summed E-state index contributed by atoms with van der Waals surface area (Å²) in [4.78, 5) is 15.1. The second-order valence-corrected chi connectivity index (χ2v) is 7.10. The van der Waals surface area contributed by atoms with Crippen LogP contribution in [0.4, 0.5) is 0 Å². The van der Waals surface area contributed by atoms with Gasteiger partial charge in [0, 0.05) is 18.0 Å². The van der Waals surface area contributed by atoms with Crippen molar-refractivity contribution in [2.24, 2.45) is 0 Å². The summed E-state index contributed by atoms with van der Waals surface area (Å²) in [5.74, 6) is 0.0437. The molecule has 106 valence electrons. The molecule has 6 heteroatoms. The maximum Gasteiger partial charge on any atom is 0.234 e. The van der Waals surface area contributed by atoms with Crippen molar-refractivity contribution in [1.82, 2.24) is 10.2 Å². The maximum absolute atomic E-state index is 11.9. The summed E-state index contributed by atoms with van der Waals surface area (Å²) in [5, 5.41) is 2.92. The van der Waals surface area contributed by atoms with Crippen molar-refractivity contribution >= 4 is 28.8 Å². The minimum Gasteiger partial charge on any atom is -0.373 e. The number of halogens is 1. The summed E-state index contributed by atoms with van der Waals surface area (Å²) >= 11 is 7.34. The fourth-order valence-corrected chi connectivity index (χ4v) is 3.17. The van der Waals surface area contributed by atoms with Gasteiger partial charge in [-0.15, -0.1) is 11.3 Å². The Balaban J connectivity index is 1.75. The predicted molar refractivity (Wildman–Crippen MR) is 77.6 cm³/mol. The predicted octanol–water partition coefficient (Wildman–Crippen LogP) is 2.13. The monoisotopic (exact) mass is 302 g/mol. The summed E-state index contributed by atoms with van der Waals surface area (Å²) in [5.41, 5.74) is -0.167. The van der Waals surface area contributed by atoms with Crippen LogP contribution in [0.2, 0.25) is 4.34 Å². The fourth-order valence-electron chi connectivity index (χ4n) is 2.14. The van der Waals surface area contributed by atoms with E-state index in [-0.39, 0.29) is 11.5 Å². The zero-order valence-electron chi connectivity index (χ0n) is 11.2. The first kappa shape index (κ1) is 14.8. The van der Waals surface area contributed by atoms with Crippen molar-refractivity contribution < 1.29 is 9.53 Å². The molecule has 0 spiro atoms. The second kappa shape index (κ2) is 6.22. The first-order valence-corrected chi connectivity index (χ1v) is 7.51. The summed E-state index contributed by atoms with van der Waals surface area (Å²) in [6.45, 7) is 7.33. The molecule has 1 fully saturated rings. The van der Waals surface area contributed by atoms with Gasteiger partial charge in [-0.1, -0.05) is 11.6 Å². The third-order valence-electron chi connectivity index (χ3n) is 2.96. The van der Waals surface area contributed by atoms with Crippen molar-refractivity contribution in [2.75, 3.05) is 26.2 Å². The van der Waals surface area contributed by atoms with Crippen molar-refractivity contribution in [3.8, 4) is 0 Å². The van der Waals surface area contributed by atoms with Crippen LogP contribution >= 0.6 is 22.9 Å². The quantitative estimate of drug-likeness (QED) is 0.926. The highest BCUT2D eigenvalue weighted by Gasteiger charge is 2.27. The zero-order valence-corrected chi connectivity index (χ0v) is 12.8. The van der Waals surface area contributed by atoms with Crippen molar-refractivity contribution in [3.63, 3.8) is 0 Å². The molecule has 2 rings (SSSR count). The highest BCUT2D eigenvalue weighted by molar-refractivity contribution is 7.16. The smallest absolute Gasteiger partial charge is 0.234 e. The first-order chi connectivity index (χ1) is 8.94. The standard InChI is InChI=1S/C13H19ClN2O2S/c1-13(2)9-16(5-6-18-13)8-12(17)15-7-10-3-4-11(14)19-10/h3-4H,5-9H2,1-2H3,(H,15,17). The fraction of sp³-hybridized carbons (Fsp3) is 0.615. The summed E-state index contributed by atoms with van der Waals surface area (Å²) in [6.07, 6.45) is 0. The molecule has 1 aliphatic rings. The molecule has 1 aliphatic heterocycles. The third-order valence-corrected chi connectivity index (χ3v) is 4.19. The van der Waals surface area contributed by atoms with Crippen LogP contribution in [0.1, 0.15) is 18.7 Å². The molecule has 2 heterocycles. The molecule has 0 atom stereocenters. The molecule has 1 amide bonds. The van der Waals surface area contributed by atoms with Crippen LogP contribution in [0.5, 0.6) is 0 Å². The van der Waals surface area contributed by atoms with E-state index in [9.17, 15) is 4.79 Å². The molecular formula is C13H19ClN2O2S. The van der Waals surface area contributed by atoms with Gasteiger partial charge in [0.2, 0.25) is 5.91 Å². The van der Waals surface area contributed by atoms with E-state index in [2.05, 4.69) is 10.2 Å². The Morgan fingerprint density at radius 2 is 2.37 bits per heavy atom. The number of morpholine rings is 1. The number of hydrogen-bond acceptors (Lipinski definition) is 4. The van der Waals surface area contributed by atoms with Gasteiger partial charge in [-0.05, 0) is 26.0 Å². The number of rotatable bonds is 4. The van der Waals surface area contributed by atoms with E-state index in [4.69, 9.17) is 16.3 Å². The number of carbonyl (C=O) groups excluding carboxylic acids is 1. The number of ether oxygens (including phenoxy) is 1. The Morgan fingerprint density at radius 3 is 3.00 bits per heavy atom. The summed E-state index contributed by atoms with van der Waals surface area (Å²) in [7, 11) is 0. The molecule has 0 bridgehead atoms. The Kier molecular flexibility index (Phi) is 4.84. The Labute approximate surface area is 122 Å². The molecule has 1 saturated heterocycles. The second-order valence-electron chi connectivity index (χ2n) is 5.30. The number of nitrogens with zero attached hydrogens (tertiary/aromatic N) is 1. The van der Waals surface area contributed by atoms with E-state index in [1.54, 1.807) is 0 Å². The maximum atomic E-state index is 11.9. The lowest BCUT2D eigenvalue weighted by Gasteiger charge is -2.37. The van der Waals surface area contributed by atoms with Crippen LogP contribution in [0, 0.1) is 0 Å². The summed E-state index contributed by atoms with van der Waals surface area (Å²) in [6, 6.07) is 3.78. The average Bonchev–Trinajstić information content (AvgIpc) is 2.71. The largest absolute Gasteiger partial charge is 0.373 e. The van der Waals surface area contributed by atoms with Crippen LogP contribution in [-0.4, -0.2) is 42.6 Å². The highest BCUT2D eigenvalue weighted by atomic mass is 35.5. The van der Waals surface area contributed by atoms with Crippen molar-refractivity contribution in [2.45, 2.75) is 26.0 Å². The molecular weight excluding hydrogens is 284 g/mol. The molecule has 0 unspecified atom stereocenters. The Bertz CT molecular complexity index is 448. The van der Waals surface area contributed by atoms with E-state index in [1.807, 2.05) is 26.0 Å². The average molecular weight is 303 g/mol. The van der Waals surface area contributed by atoms with E-state index in [0.717, 1.165) is 22.3 Å². The van der Waals surface area contributed by atoms with Gasteiger partial charge in [0.1, 0.15) is 0 Å². The topological polar surface area (TPSA) is 41.6 Å². The number of hydrogen-bond donors (Lipinski definition) is 1. The SMILES string of the molecule is CC1(C)CN(CC(=O)NCc2ccc(Cl)s2)CCO1. The van der Waals surface area contributed by atoms with Gasteiger partial charge in [0.15, 0.2) is 0 Å². The number of amides is 1. The van der Waals surface area contributed by atoms with E-state index in [0.29, 0.717) is 19.7 Å². The first-order valence-electron chi connectivity index (χ1n) is 6.32. The molecule has 1 aromatic heterocycles. The van der Waals surface area contributed by atoms with Gasteiger partial charge in [0.25, 0.3) is 0 Å². The van der Waals surface area contributed by atoms with E-state index < -0.39 is 0 Å². The van der Waals surface area contributed by atoms with Gasteiger partial charge in [-0.2, -0.15) is 0 Å². The Hall–Kier alpha value is -0.620. The lowest BCUT2D eigenvalue weighted by atomic mass is 10.1. The minimum absolute atomic E-state index is 0.0437. The van der Waals surface area contributed by atoms with Crippen LogP contribution in [0.3, 0.4) is 0 Å². The molecule has 0 radical (unpaired) electrons. The molecule has 19 heavy (non-hydrogen) atoms. The van der Waals surface area contributed by atoms with Crippen LogP contribution in [-0.2, 0) is 16.1 Å².